The summed E-state index contributed by atoms with van der Waals surface area (Å²) in [5, 5.41) is 21.3. The van der Waals surface area contributed by atoms with Crippen molar-refractivity contribution in [2.45, 2.75) is 0 Å². The number of fused-ring (bicyclic) bond motifs is 3. The average molecular weight is 280 g/mol. The number of hydrogen-bond acceptors (Lipinski definition) is 6. The molecule has 0 aliphatic carbocycles. The van der Waals surface area contributed by atoms with Gasteiger partial charge in [0.25, 0.3) is 11.3 Å². The lowest BCUT2D eigenvalue weighted by Crippen LogP contribution is -2.20. The third kappa shape index (κ3) is 1.66. The summed E-state index contributed by atoms with van der Waals surface area (Å²) < 4.78 is 2.84. The summed E-state index contributed by atoms with van der Waals surface area (Å²) in [7, 11) is 0. The first-order chi connectivity index (χ1) is 10.2. The maximum absolute atomic E-state index is 12.5. The molecule has 0 saturated carbocycles. The Hall–Kier alpha value is -3.29. The Morgan fingerprint density at radius 3 is 2.90 bits per heavy atom. The zero-order chi connectivity index (χ0) is 14.4. The van der Waals surface area contributed by atoms with E-state index in [9.17, 15) is 9.90 Å². The second-order valence-corrected chi connectivity index (χ2v) is 4.42. The first-order valence-electron chi connectivity index (χ1n) is 6.11. The van der Waals surface area contributed by atoms with Crippen LogP contribution >= 0.6 is 0 Å². The highest BCUT2D eigenvalue weighted by Gasteiger charge is 2.11. The predicted octanol–water partition coefficient (Wildman–Crippen LogP) is 0.529. The van der Waals surface area contributed by atoms with E-state index in [0.717, 1.165) is 0 Å². The lowest BCUT2D eigenvalue weighted by molar-refractivity contribution is 0.475. The summed E-state index contributed by atoms with van der Waals surface area (Å²) in [5.41, 5.74) is 0.906. The van der Waals surface area contributed by atoms with Gasteiger partial charge in [-0.1, -0.05) is 6.07 Å². The van der Waals surface area contributed by atoms with Gasteiger partial charge in [-0.3, -0.25) is 9.36 Å². The lowest BCUT2D eigenvalue weighted by atomic mass is 10.3. The van der Waals surface area contributed by atoms with Crippen molar-refractivity contribution in [3.05, 3.63) is 53.2 Å². The Bertz CT molecular complexity index is 1040. The third-order valence-electron chi connectivity index (χ3n) is 3.15. The fourth-order valence-electron chi connectivity index (χ4n) is 2.19. The van der Waals surface area contributed by atoms with Crippen LogP contribution in [0.25, 0.3) is 22.5 Å². The minimum atomic E-state index is -0.344. The maximum Gasteiger partial charge on any atom is 0.285 e. The zero-order valence-corrected chi connectivity index (χ0v) is 10.6. The molecule has 0 aliphatic heterocycles. The maximum atomic E-state index is 12.5. The van der Waals surface area contributed by atoms with Gasteiger partial charge in [0.2, 0.25) is 0 Å². The van der Waals surface area contributed by atoms with Gasteiger partial charge in [-0.2, -0.15) is 14.6 Å². The van der Waals surface area contributed by atoms with E-state index in [0.29, 0.717) is 17.0 Å². The molecule has 102 valence electrons. The quantitative estimate of drug-likeness (QED) is 0.546. The van der Waals surface area contributed by atoms with Gasteiger partial charge < -0.3 is 5.11 Å². The molecule has 0 unspecified atom stereocenters. The molecule has 0 amide bonds. The Morgan fingerprint density at radius 2 is 2.05 bits per heavy atom. The third-order valence-corrected chi connectivity index (χ3v) is 3.15. The minimum Gasteiger partial charge on any atom is -0.508 e. The Labute approximate surface area is 116 Å². The van der Waals surface area contributed by atoms with Gasteiger partial charge in [0.05, 0.1) is 5.69 Å². The molecular weight excluding hydrogens is 272 g/mol. The van der Waals surface area contributed by atoms with Crippen LogP contribution in [0.15, 0.2) is 47.7 Å². The summed E-state index contributed by atoms with van der Waals surface area (Å²) in [5.74, 6) is 0.411. The van der Waals surface area contributed by atoms with Crippen molar-refractivity contribution in [1.82, 2.24) is 29.4 Å². The molecule has 0 spiro atoms. The van der Waals surface area contributed by atoms with Gasteiger partial charge in [-0.15, -0.1) is 10.2 Å². The summed E-state index contributed by atoms with van der Waals surface area (Å²) in [4.78, 5) is 16.5. The standard InChI is InChI=1S/C13H8N6O2/c20-9-3-1-2-8(6-9)18-5-4-10-11(12(18)21)16-17-13-14-7-15-19(10)13/h1-7,20H. The van der Waals surface area contributed by atoms with Crippen molar-refractivity contribution >= 4 is 16.8 Å². The number of pyridine rings is 1. The van der Waals surface area contributed by atoms with E-state index in [-0.39, 0.29) is 16.8 Å². The summed E-state index contributed by atoms with van der Waals surface area (Å²) >= 11 is 0. The summed E-state index contributed by atoms with van der Waals surface area (Å²) in [6.07, 6.45) is 2.95. The SMILES string of the molecule is O=c1c2nnc3ncnn3c2ccn1-c1cccc(O)c1. The van der Waals surface area contributed by atoms with E-state index < -0.39 is 0 Å². The van der Waals surface area contributed by atoms with Crippen molar-refractivity contribution in [2.75, 3.05) is 0 Å². The number of phenolic OH excluding ortho intramolecular Hbond substituents is 1. The van der Waals surface area contributed by atoms with Crippen LogP contribution in [-0.2, 0) is 0 Å². The predicted molar refractivity (Wildman–Crippen MR) is 73.3 cm³/mol. The molecular formula is C13H8N6O2. The first-order valence-corrected chi connectivity index (χ1v) is 6.11. The number of hydrogen-bond donors (Lipinski definition) is 1. The van der Waals surface area contributed by atoms with E-state index >= 15 is 0 Å². The molecule has 3 heterocycles. The van der Waals surface area contributed by atoms with Crippen molar-refractivity contribution < 1.29 is 5.11 Å². The van der Waals surface area contributed by atoms with E-state index in [1.54, 1.807) is 24.4 Å². The van der Waals surface area contributed by atoms with E-state index in [4.69, 9.17) is 0 Å². The molecule has 4 aromatic rings. The highest BCUT2D eigenvalue weighted by Crippen LogP contribution is 2.15. The van der Waals surface area contributed by atoms with Gasteiger partial charge >= 0.3 is 0 Å². The molecule has 0 atom stereocenters. The van der Waals surface area contributed by atoms with Crippen LogP contribution in [0.5, 0.6) is 5.75 Å². The molecule has 0 saturated heterocycles. The van der Waals surface area contributed by atoms with Crippen LogP contribution in [-0.4, -0.2) is 34.5 Å². The van der Waals surface area contributed by atoms with Crippen LogP contribution in [0.1, 0.15) is 0 Å². The number of benzene rings is 1. The number of phenols is 1. The molecule has 0 fully saturated rings. The van der Waals surface area contributed by atoms with Crippen LogP contribution in [0.3, 0.4) is 0 Å². The van der Waals surface area contributed by atoms with Crippen LogP contribution in [0, 0.1) is 0 Å². The minimum absolute atomic E-state index is 0.0808. The molecule has 8 heteroatoms. The van der Waals surface area contributed by atoms with Crippen LogP contribution in [0.2, 0.25) is 0 Å². The van der Waals surface area contributed by atoms with E-state index in [1.165, 1.54) is 27.5 Å². The Balaban J connectivity index is 2.07. The molecule has 8 nitrogen and oxygen atoms in total. The highest BCUT2D eigenvalue weighted by molar-refractivity contribution is 5.74. The van der Waals surface area contributed by atoms with Crippen LogP contribution in [0.4, 0.5) is 0 Å². The normalized spacial score (nSPS) is 11.2. The lowest BCUT2D eigenvalue weighted by Gasteiger charge is -2.07. The summed E-state index contributed by atoms with van der Waals surface area (Å²) in [6, 6.07) is 8.11. The first kappa shape index (κ1) is 11.5. The Morgan fingerprint density at radius 1 is 1.14 bits per heavy atom. The van der Waals surface area contributed by atoms with Gasteiger partial charge in [-0.05, 0) is 18.2 Å². The van der Waals surface area contributed by atoms with Crippen molar-refractivity contribution in [2.24, 2.45) is 0 Å². The van der Waals surface area contributed by atoms with Gasteiger partial charge in [-0.25, -0.2) is 0 Å². The van der Waals surface area contributed by atoms with E-state index in [1.807, 2.05) is 0 Å². The molecule has 21 heavy (non-hydrogen) atoms. The van der Waals surface area contributed by atoms with Crippen molar-refractivity contribution in [3.8, 4) is 11.4 Å². The fourth-order valence-corrected chi connectivity index (χ4v) is 2.19. The molecule has 0 radical (unpaired) electrons. The topological polar surface area (TPSA) is 98.2 Å². The summed E-state index contributed by atoms with van der Waals surface area (Å²) in [6.45, 7) is 0. The number of nitrogens with zero attached hydrogens (tertiary/aromatic N) is 6. The van der Waals surface area contributed by atoms with Crippen LogP contribution < -0.4 is 5.56 Å². The molecule has 0 bridgehead atoms. The second kappa shape index (κ2) is 4.10. The highest BCUT2D eigenvalue weighted by atomic mass is 16.3. The molecule has 1 aromatic carbocycles. The zero-order valence-electron chi connectivity index (χ0n) is 10.6. The fraction of sp³-hybridized carbons (Fsp3) is 0. The van der Waals surface area contributed by atoms with Gasteiger partial charge in [0.1, 0.15) is 17.6 Å². The van der Waals surface area contributed by atoms with E-state index in [2.05, 4.69) is 20.3 Å². The average Bonchev–Trinajstić information content (AvgIpc) is 2.96. The molecule has 4 rings (SSSR count). The van der Waals surface area contributed by atoms with Gasteiger partial charge in [0.15, 0.2) is 5.52 Å². The van der Waals surface area contributed by atoms with Crippen molar-refractivity contribution in [1.29, 1.82) is 0 Å². The number of aromatic nitrogens is 6. The van der Waals surface area contributed by atoms with Gasteiger partial charge in [0, 0.05) is 12.3 Å². The number of rotatable bonds is 1. The number of aromatic hydroxyl groups is 1. The second-order valence-electron chi connectivity index (χ2n) is 4.42. The molecule has 1 N–H and O–H groups in total. The Kier molecular flexibility index (Phi) is 2.25. The monoisotopic (exact) mass is 280 g/mol. The molecule has 0 aliphatic rings. The molecule has 3 aromatic heterocycles. The van der Waals surface area contributed by atoms with Crippen molar-refractivity contribution in [3.63, 3.8) is 0 Å². The smallest absolute Gasteiger partial charge is 0.285 e. The largest absolute Gasteiger partial charge is 0.508 e.